The molecule has 0 spiro atoms. The van der Waals surface area contributed by atoms with E-state index in [0.29, 0.717) is 30.5 Å². The van der Waals surface area contributed by atoms with Crippen LogP contribution < -0.4 is 5.32 Å². The number of nitrogens with zero attached hydrogens (tertiary/aromatic N) is 2. The number of benzene rings is 1. The molecule has 6 heteroatoms. The van der Waals surface area contributed by atoms with Crippen molar-refractivity contribution in [2.24, 2.45) is 5.92 Å². The first kappa shape index (κ1) is 20.3. The maximum Gasteiger partial charge on any atom is 0.247 e. The maximum atomic E-state index is 12.6. The molecule has 148 valence electrons. The monoisotopic (exact) mass is 397 g/mol. The molecule has 1 atom stereocenters. The molecule has 0 saturated heterocycles. The molecule has 0 bridgehead atoms. The summed E-state index contributed by atoms with van der Waals surface area (Å²) < 4.78 is 5.73. The first-order valence-corrected chi connectivity index (χ1v) is 10.7. The van der Waals surface area contributed by atoms with Gasteiger partial charge in [0.05, 0.1) is 6.04 Å². The molecule has 1 amide bonds. The summed E-state index contributed by atoms with van der Waals surface area (Å²) in [5, 5.41) is 13.5. The minimum absolute atomic E-state index is 0.0142. The number of amides is 1. The molecule has 0 saturated carbocycles. The smallest absolute Gasteiger partial charge is 0.247 e. The second-order valence-electron chi connectivity index (χ2n) is 7.00. The van der Waals surface area contributed by atoms with Gasteiger partial charge in [-0.2, -0.15) is 0 Å². The topological polar surface area (TPSA) is 68.0 Å². The van der Waals surface area contributed by atoms with Crippen LogP contribution in [-0.2, 0) is 11.2 Å². The van der Waals surface area contributed by atoms with Gasteiger partial charge in [-0.1, -0.05) is 50.5 Å². The van der Waals surface area contributed by atoms with Crippen LogP contribution in [0.1, 0.15) is 55.5 Å². The van der Waals surface area contributed by atoms with Crippen LogP contribution in [-0.4, -0.2) is 16.1 Å². The predicted octanol–water partition coefficient (Wildman–Crippen LogP) is 5.33. The number of carbonyl (C=O) groups is 1. The van der Waals surface area contributed by atoms with E-state index in [4.69, 9.17) is 4.42 Å². The lowest BCUT2D eigenvalue weighted by Crippen LogP contribution is -2.33. The van der Waals surface area contributed by atoms with Crippen LogP contribution in [0.15, 0.2) is 46.2 Å². The zero-order valence-corrected chi connectivity index (χ0v) is 17.5. The zero-order chi connectivity index (χ0) is 19.9. The number of rotatable bonds is 9. The van der Waals surface area contributed by atoms with E-state index < -0.39 is 0 Å². The van der Waals surface area contributed by atoms with Crippen LogP contribution in [0.4, 0.5) is 0 Å². The second kappa shape index (κ2) is 9.64. The quantitative estimate of drug-likeness (QED) is 0.530. The molecule has 1 aromatic carbocycles. The van der Waals surface area contributed by atoms with Gasteiger partial charge in [-0.3, -0.25) is 4.79 Å². The lowest BCUT2D eigenvalue weighted by Gasteiger charge is -2.25. The van der Waals surface area contributed by atoms with Gasteiger partial charge in [0.15, 0.2) is 0 Å². The fourth-order valence-electron chi connectivity index (χ4n) is 3.28. The molecule has 28 heavy (non-hydrogen) atoms. The van der Waals surface area contributed by atoms with Crippen molar-refractivity contribution in [3.8, 4) is 11.5 Å². The Labute approximate surface area is 170 Å². The van der Waals surface area contributed by atoms with Gasteiger partial charge in [-0.25, -0.2) is 0 Å². The predicted molar refractivity (Wildman–Crippen MR) is 112 cm³/mol. The fourth-order valence-corrected chi connectivity index (χ4v) is 4.15. The Bertz CT molecular complexity index is 868. The Morgan fingerprint density at radius 3 is 2.54 bits per heavy atom. The van der Waals surface area contributed by atoms with E-state index in [0.717, 1.165) is 18.4 Å². The van der Waals surface area contributed by atoms with Crippen molar-refractivity contribution < 1.29 is 9.21 Å². The fraction of sp³-hybridized carbons (Fsp3) is 0.409. The van der Waals surface area contributed by atoms with E-state index in [1.54, 1.807) is 11.3 Å². The molecular formula is C22H27N3O2S. The molecule has 0 fully saturated rings. The van der Waals surface area contributed by atoms with E-state index in [9.17, 15) is 4.79 Å². The van der Waals surface area contributed by atoms with E-state index in [1.165, 1.54) is 10.4 Å². The average Bonchev–Trinajstić information content (AvgIpc) is 3.39. The van der Waals surface area contributed by atoms with Gasteiger partial charge in [-0.05, 0) is 36.4 Å². The summed E-state index contributed by atoms with van der Waals surface area (Å²) in [7, 11) is 0. The molecule has 0 aliphatic rings. The standard InChI is InChI=1S/C22H27N3O2S/c1-4-16(5-2)21(18-7-6-14-28-18)23-19(26)12-13-20-24-25-22(27-20)17-10-8-15(3)9-11-17/h6-11,14,16,21H,4-5,12-13H2,1-3H3,(H,23,26). The molecular weight excluding hydrogens is 370 g/mol. The van der Waals surface area contributed by atoms with Gasteiger partial charge in [-0.15, -0.1) is 21.5 Å². The summed E-state index contributed by atoms with van der Waals surface area (Å²) in [6.07, 6.45) is 2.83. The van der Waals surface area contributed by atoms with Crippen molar-refractivity contribution in [3.05, 3.63) is 58.1 Å². The summed E-state index contributed by atoms with van der Waals surface area (Å²) >= 11 is 1.69. The van der Waals surface area contributed by atoms with E-state index >= 15 is 0 Å². The molecule has 1 unspecified atom stereocenters. The van der Waals surface area contributed by atoms with Gasteiger partial charge in [0.2, 0.25) is 17.7 Å². The minimum atomic E-state index is 0.0142. The number of thiophene rings is 1. The van der Waals surface area contributed by atoms with Crippen LogP contribution in [0.2, 0.25) is 0 Å². The highest BCUT2D eigenvalue weighted by atomic mass is 32.1. The van der Waals surface area contributed by atoms with Crippen LogP contribution in [0, 0.1) is 12.8 Å². The Morgan fingerprint density at radius 2 is 1.89 bits per heavy atom. The minimum Gasteiger partial charge on any atom is -0.421 e. The number of aromatic nitrogens is 2. The Balaban J connectivity index is 1.59. The van der Waals surface area contributed by atoms with Gasteiger partial charge in [0.25, 0.3) is 0 Å². The van der Waals surface area contributed by atoms with Crippen LogP contribution >= 0.6 is 11.3 Å². The molecule has 0 radical (unpaired) electrons. The number of hydrogen-bond acceptors (Lipinski definition) is 5. The van der Waals surface area contributed by atoms with Gasteiger partial charge in [0.1, 0.15) is 0 Å². The third-order valence-electron chi connectivity index (χ3n) is 5.02. The molecule has 3 rings (SSSR count). The molecule has 1 N–H and O–H groups in total. The Morgan fingerprint density at radius 1 is 1.14 bits per heavy atom. The molecule has 2 heterocycles. The van der Waals surface area contributed by atoms with E-state index in [2.05, 4.69) is 40.8 Å². The van der Waals surface area contributed by atoms with Crippen molar-refractivity contribution in [1.29, 1.82) is 0 Å². The van der Waals surface area contributed by atoms with Crippen molar-refractivity contribution in [2.75, 3.05) is 0 Å². The third kappa shape index (κ3) is 5.07. The van der Waals surface area contributed by atoms with Gasteiger partial charge < -0.3 is 9.73 Å². The zero-order valence-electron chi connectivity index (χ0n) is 16.6. The first-order chi connectivity index (χ1) is 13.6. The third-order valence-corrected chi connectivity index (χ3v) is 5.97. The molecule has 3 aromatic rings. The van der Waals surface area contributed by atoms with Crippen molar-refractivity contribution in [3.63, 3.8) is 0 Å². The average molecular weight is 398 g/mol. The number of aryl methyl sites for hydroxylation is 2. The van der Waals surface area contributed by atoms with Crippen molar-refractivity contribution >= 4 is 17.2 Å². The second-order valence-corrected chi connectivity index (χ2v) is 7.98. The molecule has 5 nitrogen and oxygen atoms in total. The summed E-state index contributed by atoms with van der Waals surface area (Å²) in [4.78, 5) is 13.8. The Kier molecular flexibility index (Phi) is 6.98. The maximum absolute atomic E-state index is 12.6. The van der Waals surface area contributed by atoms with Crippen LogP contribution in [0.3, 0.4) is 0 Å². The first-order valence-electron chi connectivity index (χ1n) is 9.82. The molecule has 0 aliphatic heterocycles. The van der Waals surface area contributed by atoms with Crippen molar-refractivity contribution in [1.82, 2.24) is 15.5 Å². The summed E-state index contributed by atoms with van der Waals surface area (Å²) in [6.45, 7) is 6.38. The lowest BCUT2D eigenvalue weighted by molar-refractivity contribution is -0.122. The van der Waals surface area contributed by atoms with Crippen LogP contribution in [0.25, 0.3) is 11.5 Å². The highest BCUT2D eigenvalue weighted by Crippen LogP contribution is 2.30. The van der Waals surface area contributed by atoms with Crippen LogP contribution in [0.5, 0.6) is 0 Å². The number of hydrogen-bond donors (Lipinski definition) is 1. The van der Waals surface area contributed by atoms with E-state index in [1.807, 2.05) is 37.3 Å². The largest absolute Gasteiger partial charge is 0.421 e. The summed E-state index contributed by atoms with van der Waals surface area (Å²) in [6, 6.07) is 12.1. The Hall–Kier alpha value is -2.47. The summed E-state index contributed by atoms with van der Waals surface area (Å²) in [5.74, 6) is 1.42. The SMILES string of the molecule is CCC(CC)C(NC(=O)CCc1nnc(-c2ccc(C)cc2)o1)c1cccs1. The van der Waals surface area contributed by atoms with E-state index in [-0.39, 0.29) is 11.9 Å². The van der Waals surface area contributed by atoms with Crippen molar-refractivity contribution in [2.45, 2.75) is 52.5 Å². The molecule has 2 aromatic heterocycles. The number of carbonyl (C=O) groups excluding carboxylic acids is 1. The normalized spacial score (nSPS) is 12.3. The summed E-state index contributed by atoms with van der Waals surface area (Å²) in [5.41, 5.74) is 2.07. The highest BCUT2D eigenvalue weighted by molar-refractivity contribution is 7.10. The van der Waals surface area contributed by atoms with Gasteiger partial charge in [0, 0.05) is 23.3 Å². The van der Waals surface area contributed by atoms with Gasteiger partial charge >= 0.3 is 0 Å². The number of nitrogens with one attached hydrogen (secondary N) is 1. The highest BCUT2D eigenvalue weighted by Gasteiger charge is 2.23. The molecule has 0 aliphatic carbocycles. The lowest BCUT2D eigenvalue weighted by atomic mass is 9.93.